The second-order valence-electron chi connectivity index (χ2n) is 5.64. The van der Waals surface area contributed by atoms with E-state index in [0.29, 0.717) is 5.92 Å². The first-order valence-electron chi connectivity index (χ1n) is 7.16. The summed E-state index contributed by atoms with van der Waals surface area (Å²) in [5, 5.41) is 7.37. The molecule has 3 rings (SSSR count). The standard InChI is InChI=1S/C14H23N3O/c1-11-9-15-16-14(11)12-3-2-6-17(10-12)13-4-7-18-8-5-13/h9,12-13H,2-8,10H2,1H3,(H,15,16)/t12-/m1/s1. The van der Waals surface area contributed by atoms with Crippen LogP contribution in [0.15, 0.2) is 6.20 Å². The van der Waals surface area contributed by atoms with Crippen LogP contribution in [0.4, 0.5) is 0 Å². The molecule has 0 saturated carbocycles. The lowest BCUT2D eigenvalue weighted by atomic mass is 9.91. The molecule has 0 spiro atoms. The Morgan fingerprint density at radius 3 is 2.89 bits per heavy atom. The molecule has 4 nitrogen and oxygen atoms in total. The molecule has 1 aromatic heterocycles. The van der Waals surface area contributed by atoms with Crippen molar-refractivity contribution in [3.8, 4) is 0 Å². The average Bonchev–Trinajstić information content (AvgIpc) is 2.86. The minimum Gasteiger partial charge on any atom is -0.381 e. The second-order valence-corrected chi connectivity index (χ2v) is 5.64. The third-order valence-corrected chi connectivity index (χ3v) is 4.44. The monoisotopic (exact) mass is 249 g/mol. The van der Waals surface area contributed by atoms with Crippen molar-refractivity contribution in [1.29, 1.82) is 0 Å². The first-order valence-corrected chi connectivity index (χ1v) is 7.16. The number of aryl methyl sites for hydroxylation is 1. The largest absolute Gasteiger partial charge is 0.381 e. The van der Waals surface area contributed by atoms with Gasteiger partial charge in [-0.2, -0.15) is 5.10 Å². The summed E-state index contributed by atoms with van der Waals surface area (Å²) < 4.78 is 5.47. The summed E-state index contributed by atoms with van der Waals surface area (Å²) in [6.07, 6.45) is 6.95. The van der Waals surface area contributed by atoms with E-state index >= 15 is 0 Å². The molecule has 2 aliphatic rings. The zero-order valence-electron chi connectivity index (χ0n) is 11.2. The molecule has 1 atom stereocenters. The van der Waals surface area contributed by atoms with E-state index in [1.54, 1.807) is 0 Å². The molecule has 0 unspecified atom stereocenters. The molecule has 4 heteroatoms. The molecule has 0 radical (unpaired) electrons. The summed E-state index contributed by atoms with van der Waals surface area (Å²) in [6, 6.07) is 0.741. The molecule has 0 aromatic carbocycles. The van der Waals surface area contributed by atoms with Gasteiger partial charge >= 0.3 is 0 Å². The minimum absolute atomic E-state index is 0.643. The maximum atomic E-state index is 5.47. The van der Waals surface area contributed by atoms with Crippen molar-refractivity contribution in [3.63, 3.8) is 0 Å². The van der Waals surface area contributed by atoms with Crippen LogP contribution in [-0.2, 0) is 4.74 Å². The molecule has 1 N–H and O–H groups in total. The van der Waals surface area contributed by atoms with E-state index < -0.39 is 0 Å². The predicted molar refractivity (Wildman–Crippen MR) is 70.7 cm³/mol. The number of hydrogen-bond donors (Lipinski definition) is 1. The van der Waals surface area contributed by atoms with Crippen LogP contribution in [0.25, 0.3) is 0 Å². The number of ether oxygens (including phenoxy) is 1. The summed E-state index contributed by atoms with van der Waals surface area (Å²) in [7, 11) is 0. The van der Waals surface area contributed by atoms with E-state index in [0.717, 1.165) is 19.3 Å². The molecule has 2 fully saturated rings. The van der Waals surface area contributed by atoms with Crippen molar-refractivity contribution in [2.75, 3.05) is 26.3 Å². The van der Waals surface area contributed by atoms with Crippen molar-refractivity contribution in [3.05, 3.63) is 17.5 Å². The van der Waals surface area contributed by atoms with E-state index in [4.69, 9.17) is 4.74 Å². The van der Waals surface area contributed by atoms with Gasteiger partial charge in [-0.25, -0.2) is 0 Å². The Kier molecular flexibility index (Phi) is 3.66. The normalized spacial score (nSPS) is 27.5. The van der Waals surface area contributed by atoms with Crippen molar-refractivity contribution in [1.82, 2.24) is 15.1 Å². The van der Waals surface area contributed by atoms with Crippen LogP contribution < -0.4 is 0 Å². The lowest BCUT2D eigenvalue weighted by molar-refractivity contribution is 0.0237. The van der Waals surface area contributed by atoms with Crippen LogP contribution in [0.3, 0.4) is 0 Å². The molecule has 100 valence electrons. The molecule has 0 amide bonds. The number of aromatic nitrogens is 2. The number of piperidine rings is 1. The number of rotatable bonds is 2. The Bertz CT molecular complexity index is 384. The van der Waals surface area contributed by atoms with E-state index in [1.165, 1.54) is 50.0 Å². The topological polar surface area (TPSA) is 41.2 Å². The highest BCUT2D eigenvalue weighted by atomic mass is 16.5. The van der Waals surface area contributed by atoms with Crippen molar-refractivity contribution < 1.29 is 4.74 Å². The van der Waals surface area contributed by atoms with Gasteiger partial charge in [0.25, 0.3) is 0 Å². The Morgan fingerprint density at radius 1 is 1.33 bits per heavy atom. The van der Waals surface area contributed by atoms with Gasteiger partial charge in [-0.05, 0) is 44.7 Å². The molecule has 1 aromatic rings. The van der Waals surface area contributed by atoms with E-state index in [9.17, 15) is 0 Å². The fourth-order valence-corrected chi connectivity index (χ4v) is 3.39. The highest BCUT2D eigenvalue weighted by Crippen LogP contribution is 2.30. The summed E-state index contributed by atoms with van der Waals surface area (Å²) >= 11 is 0. The number of H-pyrrole nitrogens is 1. The van der Waals surface area contributed by atoms with E-state index in [2.05, 4.69) is 22.0 Å². The maximum Gasteiger partial charge on any atom is 0.0519 e. The van der Waals surface area contributed by atoms with Gasteiger partial charge in [0.05, 0.1) is 6.20 Å². The van der Waals surface area contributed by atoms with Crippen molar-refractivity contribution in [2.45, 2.75) is 44.6 Å². The molecule has 0 aliphatic carbocycles. The Hall–Kier alpha value is -0.870. The second kappa shape index (κ2) is 5.41. The van der Waals surface area contributed by atoms with Crippen LogP contribution in [0, 0.1) is 6.92 Å². The smallest absolute Gasteiger partial charge is 0.0519 e. The van der Waals surface area contributed by atoms with Gasteiger partial charge in [-0.15, -0.1) is 0 Å². The first kappa shape index (κ1) is 12.2. The number of hydrogen-bond acceptors (Lipinski definition) is 3. The molecular weight excluding hydrogens is 226 g/mol. The Labute approximate surface area is 109 Å². The molecule has 3 heterocycles. The van der Waals surface area contributed by atoms with Gasteiger partial charge in [0.15, 0.2) is 0 Å². The third-order valence-electron chi connectivity index (χ3n) is 4.44. The van der Waals surface area contributed by atoms with Crippen molar-refractivity contribution in [2.24, 2.45) is 0 Å². The fourth-order valence-electron chi connectivity index (χ4n) is 3.39. The van der Waals surface area contributed by atoms with Gasteiger partial charge in [0, 0.05) is 37.4 Å². The van der Waals surface area contributed by atoms with Crippen LogP contribution in [-0.4, -0.2) is 47.4 Å². The minimum atomic E-state index is 0.643. The van der Waals surface area contributed by atoms with Crippen LogP contribution in [0.2, 0.25) is 0 Å². The van der Waals surface area contributed by atoms with Crippen LogP contribution >= 0.6 is 0 Å². The van der Waals surface area contributed by atoms with Gasteiger partial charge in [-0.1, -0.05) is 0 Å². The predicted octanol–water partition coefficient (Wildman–Crippen LogP) is 2.08. The van der Waals surface area contributed by atoms with Gasteiger partial charge in [-0.3, -0.25) is 10.00 Å². The number of nitrogens with one attached hydrogen (secondary N) is 1. The fraction of sp³-hybridized carbons (Fsp3) is 0.786. The van der Waals surface area contributed by atoms with Gasteiger partial charge in [0.2, 0.25) is 0 Å². The van der Waals surface area contributed by atoms with Crippen LogP contribution in [0.5, 0.6) is 0 Å². The summed E-state index contributed by atoms with van der Waals surface area (Å²) in [5.41, 5.74) is 2.67. The van der Waals surface area contributed by atoms with Crippen LogP contribution in [0.1, 0.15) is 42.9 Å². The van der Waals surface area contributed by atoms with E-state index in [-0.39, 0.29) is 0 Å². The zero-order chi connectivity index (χ0) is 12.4. The van der Waals surface area contributed by atoms with Gasteiger partial charge < -0.3 is 4.74 Å². The summed E-state index contributed by atoms with van der Waals surface area (Å²) in [6.45, 7) is 6.48. The molecule has 18 heavy (non-hydrogen) atoms. The SMILES string of the molecule is Cc1cn[nH]c1[C@@H]1CCCN(C2CCOCC2)C1. The maximum absolute atomic E-state index is 5.47. The lowest BCUT2D eigenvalue weighted by Crippen LogP contribution is -2.44. The average molecular weight is 249 g/mol. The van der Waals surface area contributed by atoms with E-state index in [1.807, 2.05) is 6.20 Å². The Balaban J connectivity index is 1.66. The van der Waals surface area contributed by atoms with Gasteiger partial charge in [0.1, 0.15) is 0 Å². The zero-order valence-corrected chi connectivity index (χ0v) is 11.2. The van der Waals surface area contributed by atoms with Crippen molar-refractivity contribution >= 4 is 0 Å². The quantitative estimate of drug-likeness (QED) is 0.872. The lowest BCUT2D eigenvalue weighted by Gasteiger charge is -2.39. The first-order chi connectivity index (χ1) is 8.84. The molecule has 2 aliphatic heterocycles. The number of likely N-dealkylation sites (tertiary alicyclic amines) is 1. The highest BCUT2D eigenvalue weighted by Gasteiger charge is 2.29. The highest BCUT2D eigenvalue weighted by molar-refractivity contribution is 5.19. The summed E-state index contributed by atoms with van der Waals surface area (Å²) in [4.78, 5) is 2.68. The third kappa shape index (κ3) is 2.45. The molecule has 0 bridgehead atoms. The number of aromatic amines is 1. The Morgan fingerprint density at radius 2 is 2.17 bits per heavy atom. The molecular formula is C14H23N3O. The summed E-state index contributed by atoms with van der Waals surface area (Å²) in [5.74, 6) is 0.643. The number of nitrogens with zero attached hydrogens (tertiary/aromatic N) is 2. The molecule has 2 saturated heterocycles.